The second-order valence-corrected chi connectivity index (χ2v) is 6.82. The average Bonchev–Trinajstić information content (AvgIpc) is 2.44. The van der Waals surface area contributed by atoms with Crippen LogP contribution < -0.4 is 16.4 Å². The van der Waals surface area contributed by atoms with Crippen LogP contribution in [-0.2, 0) is 23.5 Å². The van der Waals surface area contributed by atoms with Crippen LogP contribution in [0.2, 0.25) is 0 Å². The van der Waals surface area contributed by atoms with Crippen molar-refractivity contribution in [2.45, 2.75) is 38.4 Å². The van der Waals surface area contributed by atoms with Gasteiger partial charge in [0.2, 0.25) is 11.8 Å². The summed E-state index contributed by atoms with van der Waals surface area (Å²) in [6.45, 7) is 2.64. The number of carboxylic acids is 1. The highest BCUT2D eigenvalue weighted by Crippen LogP contribution is 2.41. The number of nitrogens with one attached hydrogen (secondary N) is 2. The normalized spacial score (nSPS) is 17.7. The third-order valence-electron chi connectivity index (χ3n) is 2.83. The van der Waals surface area contributed by atoms with Crippen LogP contribution >= 0.6 is 7.60 Å². The first-order valence-corrected chi connectivity index (χ1v) is 8.23. The molecule has 0 aliphatic rings. The highest BCUT2D eigenvalue weighted by atomic mass is 31.2. The van der Waals surface area contributed by atoms with Gasteiger partial charge < -0.3 is 30.9 Å². The van der Waals surface area contributed by atoms with Crippen molar-refractivity contribution in [3.05, 3.63) is 0 Å². The number of carboxylic acid groups (broad SMARTS) is 1. The smallest absolute Gasteiger partial charge is 0.327 e. The number of hydrogen-bond acceptors (Lipinski definition) is 6. The van der Waals surface area contributed by atoms with Crippen molar-refractivity contribution < 1.29 is 33.5 Å². The van der Waals surface area contributed by atoms with Gasteiger partial charge in [0.25, 0.3) is 0 Å². The van der Waals surface area contributed by atoms with Crippen LogP contribution in [0.3, 0.4) is 0 Å². The molecule has 11 heteroatoms. The molecule has 10 nitrogen and oxygen atoms in total. The lowest BCUT2D eigenvalue weighted by Gasteiger charge is -2.19. The fraction of sp³-hybridized carbons (Fsp3) is 0.727. The quantitative estimate of drug-likeness (QED) is 0.320. The van der Waals surface area contributed by atoms with Crippen molar-refractivity contribution in [3.63, 3.8) is 0 Å². The molecule has 0 aromatic heterocycles. The van der Waals surface area contributed by atoms with E-state index in [1.54, 1.807) is 0 Å². The molecule has 0 heterocycles. The Hall–Kier alpha value is -1.48. The Labute approximate surface area is 127 Å². The molecule has 0 fully saturated rings. The SMILES string of the molecule is COP(=O)(O)CCC(N)C(=O)N[C@@H](C)C(=O)N[C@@H](C)C(=O)O. The van der Waals surface area contributed by atoms with Crippen molar-refractivity contribution >= 4 is 25.4 Å². The van der Waals surface area contributed by atoms with Crippen molar-refractivity contribution in [1.29, 1.82) is 0 Å². The third-order valence-corrected chi connectivity index (χ3v) is 4.22. The minimum atomic E-state index is -3.75. The number of carbonyl (C=O) groups is 3. The topological polar surface area (TPSA) is 168 Å². The van der Waals surface area contributed by atoms with Crippen molar-refractivity contribution in [1.82, 2.24) is 10.6 Å². The van der Waals surface area contributed by atoms with Gasteiger partial charge in [-0.1, -0.05) is 0 Å². The fourth-order valence-corrected chi connectivity index (χ4v) is 2.10. The molecule has 0 radical (unpaired) electrons. The second kappa shape index (κ2) is 8.84. The molecular weight excluding hydrogens is 317 g/mol. The summed E-state index contributed by atoms with van der Waals surface area (Å²) in [6, 6.07) is -3.19. The summed E-state index contributed by atoms with van der Waals surface area (Å²) >= 11 is 0. The van der Waals surface area contributed by atoms with E-state index >= 15 is 0 Å². The Morgan fingerprint density at radius 1 is 1.18 bits per heavy atom. The molecule has 0 aliphatic heterocycles. The number of nitrogens with two attached hydrogens (primary N) is 1. The van der Waals surface area contributed by atoms with Crippen molar-refractivity contribution in [2.24, 2.45) is 5.73 Å². The third kappa shape index (κ3) is 7.51. The minimum absolute atomic E-state index is 0.104. The molecule has 0 bridgehead atoms. The lowest BCUT2D eigenvalue weighted by atomic mass is 10.2. The van der Waals surface area contributed by atoms with E-state index in [9.17, 15) is 23.8 Å². The van der Waals surface area contributed by atoms with E-state index in [0.29, 0.717) is 0 Å². The van der Waals surface area contributed by atoms with E-state index in [1.165, 1.54) is 13.8 Å². The lowest BCUT2D eigenvalue weighted by molar-refractivity contribution is -0.141. The standard InChI is InChI=1S/C11H22N3O7P/c1-6(9(15)14-7(2)11(17)18)13-10(16)8(12)4-5-22(19,20)21-3/h6-8H,4-5,12H2,1-3H3,(H,13,16)(H,14,15)(H,17,18)(H,19,20)/t6-,7-,8?/m0/s1. The molecule has 4 atom stereocenters. The summed E-state index contributed by atoms with van der Waals surface area (Å²) < 4.78 is 15.6. The highest BCUT2D eigenvalue weighted by Gasteiger charge is 2.25. The molecule has 0 rings (SSSR count). The molecule has 0 spiro atoms. The Balaban J connectivity index is 4.37. The molecule has 2 amide bonds. The zero-order valence-corrected chi connectivity index (χ0v) is 13.5. The van der Waals surface area contributed by atoms with Gasteiger partial charge in [-0.25, -0.2) is 0 Å². The van der Waals surface area contributed by atoms with E-state index in [0.717, 1.165) is 7.11 Å². The first-order chi connectivity index (χ1) is 10.00. The minimum Gasteiger partial charge on any atom is -0.480 e. The molecule has 6 N–H and O–H groups in total. The van der Waals surface area contributed by atoms with Gasteiger partial charge in [-0.3, -0.25) is 18.9 Å². The van der Waals surface area contributed by atoms with Gasteiger partial charge >= 0.3 is 13.6 Å². The fourth-order valence-electron chi connectivity index (χ4n) is 1.31. The molecule has 0 saturated heterocycles. The Morgan fingerprint density at radius 2 is 1.68 bits per heavy atom. The number of carbonyl (C=O) groups excluding carboxylic acids is 2. The molecule has 0 saturated carbocycles. The predicted octanol–water partition coefficient (Wildman–Crippen LogP) is -1.37. The van der Waals surface area contributed by atoms with Crippen LogP contribution in [0.1, 0.15) is 20.3 Å². The highest BCUT2D eigenvalue weighted by molar-refractivity contribution is 7.52. The summed E-state index contributed by atoms with van der Waals surface area (Å²) in [5.41, 5.74) is 5.55. The van der Waals surface area contributed by atoms with E-state index in [-0.39, 0.29) is 12.6 Å². The van der Waals surface area contributed by atoms with Crippen LogP contribution in [0, 0.1) is 0 Å². The number of rotatable bonds is 9. The Kier molecular flexibility index (Phi) is 8.25. The zero-order chi connectivity index (χ0) is 17.5. The van der Waals surface area contributed by atoms with E-state index in [4.69, 9.17) is 10.8 Å². The predicted molar refractivity (Wildman–Crippen MR) is 77.1 cm³/mol. The van der Waals surface area contributed by atoms with Crippen LogP contribution in [0.25, 0.3) is 0 Å². The Morgan fingerprint density at radius 3 is 2.14 bits per heavy atom. The molecular formula is C11H22N3O7P. The van der Waals surface area contributed by atoms with Crippen LogP contribution in [-0.4, -0.2) is 59.2 Å². The molecule has 0 aromatic rings. The number of aliphatic carboxylic acids is 1. The van der Waals surface area contributed by atoms with E-state index < -0.39 is 43.5 Å². The monoisotopic (exact) mass is 339 g/mol. The molecule has 0 aromatic carbocycles. The summed E-state index contributed by atoms with van der Waals surface area (Å²) in [5.74, 6) is -2.58. The molecule has 0 aliphatic carbocycles. The van der Waals surface area contributed by atoms with Crippen LogP contribution in [0.15, 0.2) is 0 Å². The average molecular weight is 339 g/mol. The van der Waals surface area contributed by atoms with Gasteiger partial charge in [0.1, 0.15) is 12.1 Å². The van der Waals surface area contributed by atoms with Crippen LogP contribution in [0.4, 0.5) is 0 Å². The zero-order valence-electron chi connectivity index (χ0n) is 12.6. The summed E-state index contributed by atoms with van der Waals surface area (Å²) in [5, 5.41) is 13.2. The largest absolute Gasteiger partial charge is 0.480 e. The van der Waals surface area contributed by atoms with Gasteiger partial charge in [-0.05, 0) is 20.3 Å². The van der Waals surface area contributed by atoms with Gasteiger partial charge in [-0.15, -0.1) is 0 Å². The van der Waals surface area contributed by atoms with Crippen molar-refractivity contribution in [3.8, 4) is 0 Å². The molecule has 128 valence electrons. The number of amides is 2. The first-order valence-electron chi connectivity index (χ1n) is 6.47. The number of hydrogen-bond donors (Lipinski definition) is 5. The lowest BCUT2D eigenvalue weighted by Crippen LogP contribution is -2.52. The van der Waals surface area contributed by atoms with Gasteiger partial charge in [-0.2, -0.15) is 0 Å². The summed E-state index contributed by atoms with van der Waals surface area (Å²) in [7, 11) is -2.68. The van der Waals surface area contributed by atoms with E-state index in [1.807, 2.05) is 0 Å². The van der Waals surface area contributed by atoms with Crippen molar-refractivity contribution in [2.75, 3.05) is 13.3 Å². The van der Waals surface area contributed by atoms with Crippen LogP contribution in [0.5, 0.6) is 0 Å². The summed E-state index contributed by atoms with van der Waals surface area (Å²) in [4.78, 5) is 43.2. The van der Waals surface area contributed by atoms with E-state index in [2.05, 4.69) is 15.2 Å². The second-order valence-electron chi connectivity index (χ2n) is 4.74. The summed E-state index contributed by atoms with van der Waals surface area (Å²) in [6.07, 6.45) is -0.401. The Bertz CT molecular complexity index is 471. The maximum atomic E-state index is 11.7. The van der Waals surface area contributed by atoms with Gasteiger partial charge in [0.15, 0.2) is 0 Å². The molecule has 2 unspecified atom stereocenters. The maximum Gasteiger partial charge on any atom is 0.327 e. The first kappa shape index (κ1) is 20.5. The van der Waals surface area contributed by atoms with Gasteiger partial charge in [0, 0.05) is 7.11 Å². The molecule has 22 heavy (non-hydrogen) atoms. The van der Waals surface area contributed by atoms with Gasteiger partial charge in [0.05, 0.1) is 12.2 Å². The maximum absolute atomic E-state index is 11.7.